The van der Waals surface area contributed by atoms with Crippen LogP contribution in [0.2, 0.25) is 0 Å². The van der Waals surface area contributed by atoms with Gasteiger partial charge >= 0.3 is 0 Å². The molecule has 98 valence electrons. The van der Waals surface area contributed by atoms with Gasteiger partial charge in [-0.2, -0.15) is 10.1 Å². The first-order valence-electron chi connectivity index (χ1n) is 5.04. The zero-order chi connectivity index (χ0) is 13.2. The highest BCUT2D eigenvalue weighted by atomic mass is 32.2. The number of nitrogens with one attached hydrogen (secondary N) is 2. The summed E-state index contributed by atoms with van der Waals surface area (Å²) >= 11 is 0. The molecule has 9 nitrogen and oxygen atoms in total. The molecule has 0 aliphatic carbocycles. The molecule has 2 rings (SSSR count). The minimum absolute atomic E-state index is 0.0544. The third-order valence-corrected chi connectivity index (χ3v) is 3.57. The van der Waals surface area contributed by atoms with Gasteiger partial charge in [0.25, 0.3) is 10.0 Å². The van der Waals surface area contributed by atoms with Crippen LogP contribution in [0.5, 0.6) is 0 Å². The van der Waals surface area contributed by atoms with Crippen LogP contribution in [-0.2, 0) is 23.1 Å². The molecule has 2 heterocycles. The fourth-order valence-corrected chi connectivity index (χ4v) is 2.43. The number of hydrogen-bond acceptors (Lipinski definition) is 7. The highest BCUT2D eigenvalue weighted by Gasteiger charge is 2.20. The Bertz CT molecular complexity index is 631. The van der Waals surface area contributed by atoms with Crippen molar-refractivity contribution in [3.8, 4) is 0 Å². The molecule has 10 heteroatoms. The summed E-state index contributed by atoms with van der Waals surface area (Å²) < 4.78 is 31.0. The molecular weight excluding hydrogens is 260 g/mol. The molecule has 0 bridgehead atoms. The second-order valence-electron chi connectivity index (χ2n) is 3.49. The van der Waals surface area contributed by atoms with Crippen molar-refractivity contribution >= 4 is 10.0 Å². The lowest BCUT2D eigenvalue weighted by Gasteiger charge is -2.03. The molecule has 0 aromatic carbocycles. The van der Waals surface area contributed by atoms with E-state index in [1.807, 2.05) is 0 Å². The Hall–Kier alpha value is -1.78. The summed E-state index contributed by atoms with van der Waals surface area (Å²) in [5, 5.41) is 9.53. The minimum Gasteiger partial charge on any atom is -0.338 e. The van der Waals surface area contributed by atoms with Gasteiger partial charge in [0.15, 0.2) is 10.9 Å². The highest BCUT2D eigenvalue weighted by Crippen LogP contribution is 2.11. The summed E-state index contributed by atoms with van der Waals surface area (Å²) in [6.07, 6.45) is 1.37. The van der Waals surface area contributed by atoms with Gasteiger partial charge in [-0.05, 0) is 6.92 Å². The molecule has 0 saturated carbocycles. The molecule has 0 fully saturated rings. The van der Waals surface area contributed by atoms with E-state index in [1.165, 1.54) is 6.20 Å². The lowest BCUT2D eigenvalue weighted by atomic mass is 10.4. The Morgan fingerprint density at radius 1 is 1.56 bits per heavy atom. The van der Waals surface area contributed by atoms with E-state index in [2.05, 4.69) is 25.1 Å². The van der Waals surface area contributed by atoms with Crippen LogP contribution in [0.25, 0.3) is 0 Å². The molecule has 4 N–H and O–H groups in total. The van der Waals surface area contributed by atoms with Crippen LogP contribution in [0, 0.1) is 6.92 Å². The number of hydrogen-bond donors (Lipinski definition) is 3. The van der Waals surface area contributed by atoms with E-state index >= 15 is 0 Å². The van der Waals surface area contributed by atoms with Gasteiger partial charge < -0.3 is 10.3 Å². The summed E-state index contributed by atoms with van der Waals surface area (Å²) in [5.74, 6) is 0.623. The second-order valence-corrected chi connectivity index (χ2v) is 5.19. The largest absolute Gasteiger partial charge is 0.338 e. The van der Waals surface area contributed by atoms with Crippen molar-refractivity contribution in [1.29, 1.82) is 0 Å². The lowest BCUT2D eigenvalue weighted by Crippen LogP contribution is -2.25. The zero-order valence-electron chi connectivity index (χ0n) is 9.54. The first kappa shape index (κ1) is 12.7. The van der Waals surface area contributed by atoms with Gasteiger partial charge in [-0.3, -0.25) is 5.10 Å². The van der Waals surface area contributed by atoms with Crippen molar-refractivity contribution in [3.63, 3.8) is 0 Å². The molecule has 2 aromatic heterocycles. The molecule has 0 amide bonds. The van der Waals surface area contributed by atoms with Gasteiger partial charge in [-0.1, -0.05) is 5.16 Å². The van der Waals surface area contributed by atoms with E-state index in [4.69, 9.17) is 10.3 Å². The first-order valence-corrected chi connectivity index (χ1v) is 6.52. The summed E-state index contributed by atoms with van der Waals surface area (Å²) in [6.45, 7) is 1.63. The third kappa shape index (κ3) is 2.55. The van der Waals surface area contributed by atoms with Crippen molar-refractivity contribution in [2.45, 2.75) is 25.0 Å². The van der Waals surface area contributed by atoms with Crippen molar-refractivity contribution in [2.75, 3.05) is 0 Å². The number of H-pyrrole nitrogens is 1. The van der Waals surface area contributed by atoms with Crippen LogP contribution in [0.3, 0.4) is 0 Å². The van der Waals surface area contributed by atoms with Crippen molar-refractivity contribution in [3.05, 3.63) is 23.5 Å². The van der Waals surface area contributed by atoms with E-state index in [0.717, 1.165) is 0 Å². The van der Waals surface area contributed by atoms with Crippen molar-refractivity contribution in [2.24, 2.45) is 5.73 Å². The van der Waals surface area contributed by atoms with Crippen molar-refractivity contribution < 1.29 is 12.9 Å². The van der Waals surface area contributed by atoms with Crippen LogP contribution >= 0.6 is 0 Å². The highest BCUT2D eigenvalue weighted by molar-refractivity contribution is 7.89. The van der Waals surface area contributed by atoms with E-state index in [-0.39, 0.29) is 24.0 Å². The van der Waals surface area contributed by atoms with Crippen LogP contribution < -0.4 is 10.5 Å². The minimum atomic E-state index is -3.72. The maximum Gasteiger partial charge on any atom is 0.258 e. The second kappa shape index (κ2) is 4.84. The molecule has 2 aromatic rings. The van der Waals surface area contributed by atoms with E-state index in [0.29, 0.717) is 11.4 Å². The Morgan fingerprint density at radius 3 is 2.94 bits per heavy atom. The van der Waals surface area contributed by atoms with E-state index in [9.17, 15) is 8.42 Å². The van der Waals surface area contributed by atoms with E-state index < -0.39 is 10.0 Å². The van der Waals surface area contributed by atoms with Gasteiger partial charge in [0.2, 0.25) is 5.89 Å². The quantitative estimate of drug-likeness (QED) is 0.636. The van der Waals surface area contributed by atoms with Crippen molar-refractivity contribution in [1.82, 2.24) is 25.1 Å². The van der Waals surface area contributed by atoms with E-state index in [1.54, 1.807) is 6.92 Å². The van der Waals surface area contributed by atoms with Crippen LogP contribution in [0.15, 0.2) is 15.7 Å². The number of sulfonamides is 1. The Balaban J connectivity index is 2.13. The Morgan fingerprint density at radius 2 is 2.33 bits per heavy atom. The number of aromatic nitrogens is 4. The number of rotatable bonds is 5. The van der Waals surface area contributed by atoms with Gasteiger partial charge in [-0.25, -0.2) is 13.1 Å². The molecule has 0 spiro atoms. The Kier molecular flexibility index (Phi) is 3.41. The molecule has 0 unspecified atom stereocenters. The average Bonchev–Trinajstić information content (AvgIpc) is 2.95. The number of aryl methyl sites for hydroxylation is 1. The standard InChI is InChI=1S/C8H12N6O3S/c1-5-12-7(17-14-5)4-11-18(15,16)8-6(2-9)3-10-13-8/h3,11H,2,4,9H2,1H3,(H,10,13). The SMILES string of the molecule is Cc1noc(CNS(=O)(=O)c2[nH]ncc2CN)n1. The van der Waals surface area contributed by atoms with Crippen LogP contribution in [0.1, 0.15) is 17.3 Å². The molecular formula is C8H12N6O3S. The topological polar surface area (TPSA) is 140 Å². The normalized spacial score (nSPS) is 11.9. The Labute approximate surface area is 103 Å². The molecule has 0 radical (unpaired) electrons. The third-order valence-electron chi connectivity index (χ3n) is 2.15. The number of nitrogens with zero attached hydrogens (tertiary/aromatic N) is 3. The fraction of sp³-hybridized carbons (Fsp3) is 0.375. The van der Waals surface area contributed by atoms with Gasteiger partial charge in [0, 0.05) is 12.1 Å². The summed E-state index contributed by atoms with van der Waals surface area (Å²) in [6, 6.07) is 0. The average molecular weight is 272 g/mol. The van der Waals surface area contributed by atoms with Gasteiger partial charge in [0.1, 0.15) is 0 Å². The van der Waals surface area contributed by atoms with Crippen LogP contribution in [-0.4, -0.2) is 28.8 Å². The maximum absolute atomic E-state index is 11.9. The monoisotopic (exact) mass is 272 g/mol. The molecule has 0 atom stereocenters. The lowest BCUT2D eigenvalue weighted by molar-refractivity contribution is 0.372. The molecule has 0 saturated heterocycles. The smallest absolute Gasteiger partial charge is 0.258 e. The first-order chi connectivity index (χ1) is 8.53. The molecule has 0 aliphatic rings. The predicted octanol–water partition coefficient (Wildman–Crippen LogP) is -0.962. The summed E-state index contributed by atoms with van der Waals surface area (Å²) in [7, 11) is -3.72. The van der Waals surface area contributed by atoms with Gasteiger partial charge in [0.05, 0.1) is 12.7 Å². The number of nitrogens with two attached hydrogens (primary N) is 1. The summed E-state index contributed by atoms with van der Waals surface area (Å²) in [5.41, 5.74) is 5.82. The molecule has 0 aliphatic heterocycles. The fourth-order valence-electron chi connectivity index (χ4n) is 1.32. The predicted molar refractivity (Wildman–Crippen MR) is 59.5 cm³/mol. The summed E-state index contributed by atoms with van der Waals surface area (Å²) in [4.78, 5) is 3.88. The molecule has 18 heavy (non-hydrogen) atoms. The zero-order valence-corrected chi connectivity index (χ0v) is 10.4. The number of aromatic amines is 1. The van der Waals surface area contributed by atoms with Crippen LogP contribution in [0.4, 0.5) is 0 Å². The maximum atomic E-state index is 11.9. The van der Waals surface area contributed by atoms with Gasteiger partial charge in [-0.15, -0.1) is 0 Å².